The Kier molecular flexibility index (Phi) is 6.50. The highest BCUT2D eigenvalue weighted by atomic mass is 32.1. The van der Waals surface area contributed by atoms with Gasteiger partial charge in [-0.25, -0.2) is 4.39 Å². The predicted molar refractivity (Wildman–Crippen MR) is 94.2 cm³/mol. The summed E-state index contributed by atoms with van der Waals surface area (Å²) in [6, 6.07) is 13.7. The summed E-state index contributed by atoms with van der Waals surface area (Å²) in [7, 11) is 0. The number of hydrogen-bond acceptors (Lipinski definition) is 3. The van der Waals surface area contributed by atoms with Crippen molar-refractivity contribution in [3.8, 4) is 5.75 Å². The zero-order valence-corrected chi connectivity index (χ0v) is 13.6. The van der Waals surface area contributed by atoms with Crippen molar-refractivity contribution in [3.63, 3.8) is 0 Å². The molecule has 120 valence electrons. The van der Waals surface area contributed by atoms with Gasteiger partial charge in [0.25, 0.3) is 0 Å². The van der Waals surface area contributed by atoms with E-state index < -0.39 is 0 Å². The number of ether oxygens (including phenoxy) is 1. The van der Waals surface area contributed by atoms with Crippen molar-refractivity contribution in [2.75, 3.05) is 6.54 Å². The number of benzene rings is 2. The first-order valence-electron chi connectivity index (χ1n) is 7.22. The van der Waals surface area contributed by atoms with Gasteiger partial charge in [-0.3, -0.25) is 5.43 Å². The van der Waals surface area contributed by atoms with Gasteiger partial charge in [0.2, 0.25) is 0 Å². The third-order valence-corrected chi connectivity index (χ3v) is 3.17. The molecule has 2 aromatic rings. The van der Waals surface area contributed by atoms with Gasteiger partial charge in [-0.15, -0.1) is 0 Å². The lowest BCUT2D eigenvalue weighted by molar-refractivity contribution is 0.305. The van der Waals surface area contributed by atoms with Crippen LogP contribution < -0.4 is 15.5 Å². The zero-order chi connectivity index (χ0) is 16.5. The molecule has 0 aromatic heterocycles. The summed E-state index contributed by atoms with van der Waals surface area (Å²) >= 11 is 5.03. The maximum atomic E-state index is 12.9. The molecular weight excluding hydrogens is 313 g/mol. The van der Waals surface area contributed by atoms with Crippen LogP contribution in [-0.2, 0) is 6.61 Å². The third-order valence-electron chi connectivity index (χ3n) is 2.93. The fraction of sp³-hybridized carbons (Fsp3) is 0.176. The van der Waals surface area contributed by atoms with E-state index in [0.29, 0.717) is 17.5 Å². The largest absolute Gasteiger partial charge is 0.488 e. The molecule has 0 aliphatic rings. The highest BCUT2D eigenvalue weighted by Gasteiger charge is 2.02. The minimum absolute atomic E-state index is 0.260. The molecule has 0 aliphatic carbocycles. The first-order chi connectivity index (χ1) is 11.2. The molecule has 0 saturated carbocycles. The summed E-state index contributed by atoms with van der Waals surface area (Å²) in [5.41, 5.74) is 4.45. The van der Waals surface area contributed by atoms with E-state index in [1.165, 1.54) is 12.1 Å². The maximum absolute atomic E-state index is 12.9. The molecule has 0 bridgehead atoms. The molecule has 0 unspecified atom stereocenters. The summed E-state index contributed by atoms with van der Waals surface area (Å²) in [5, 5.41) is 7.49. The molecule has 2 N–H and O–H groups in total. The lowest BCUT2D eigenvalue weighted by atomic mass is 10.2. The molecule has 4 nitrogen and oxygen atoms in total. The standard InChI is InChI=1S/C17H18FN3OS/c1-2-19-17(23)21-20-11-14-5-3-4-6-16(14)22-12-13-7-9-15(18)10-8-13/h3-11H,2,12H2,1H3,(H2,19,21,23)/b20-11+. The number of nitrogens with one attached hydrogen (secondary N) is 2. The van der Waals surface area contributed by atoms with E-state index in [2.05, 4.69) is 15.8 Å². The summed E-state index contributed by atoms with van der Waals surface area (Å²) in [4.78, 5) is 0. The van der Waals surface area contributed by atoms with Crippen LogP contribution >= 0.6 is 12.2 Å². The average molecular weight is 331 g/mol. The molecule has 0 aliphatic heterocycles. The normalized spacial score (nSPS) is 10.5. The molecule has 2 aromatic carbocycles. The number of halogens is 1. The number of hydrazone groups is 1. The van der Waals surface area contributed by atoms with Crippen LogP contribution in [0.15, 0.2) is 53.6 Å². The van der Waals surface area contributed by atoms with Crippen molar-refractivity contribution in [3.05, 3.63) is 65.5 Å². The molecule has 6 heteroatoms. The zero-order valence-electron chi connectivity index (χ0n) is 12.8. The van der Waals surface area contributed by atoms with Gasteiger partial charge in [0, 0.05) is 12.1 Å². The number of thiocarbonyl (C=S) groups is 1. The topological polar surface area (TPSA) is 45.7 Å². The highest BCUT2D eigenvalue weighted by molar-refractivity contribution is 7.80. The number of hydrogen-bond donors (Lipinski definition) is 2. The van der Waals surface area contributed by atoms with E-state index in [9.17, 15) is 4.39 Å². The van der Waals surface area contributed by atoms with Crippen molar-refractivity contribution < 1.29 is 9.13 Å². The fourth-order valence-electron chi connectivity index (χ4n) is 1.82. The van der Waals surface area contributed by atoms with E-state index in [0.717, 1.165) is 17.7 Å². The third kappa shape index (κ3) is 5.67. The van der Waals surface area contributed by atoms with Gasteiger partial charge >= 0.3 is 0 Å². The minimum Gasteiger partial charge on any atom is -0.488 e. The molecule has 0 fully saturated rings. The van der Waals surface area contributed by atoms with Crippen LogP contribution in [0.2, 0.25) is 0 Å². The fourth-order valence-corrected chi connectivity index (χ4v) is 2.02. The Bertz CT molecular complexity index is 674. The molecule has 0 radical (unpaired) electrons. The van der Waals surface area contributed by atoms with Crippen LogP contribution in [0.3, 0.4) is 0 Å². The molecule has 2 rings (SSSR count). The van der Waals surface area contributed by atoms with Crippen molar-refractivity contribution in [2.45, 2.75) is 13.5 Å². The van der Waals surface area contributed by atoms with Gasteiger partial charge < -0.3 is 10.1 Å². The smallest absolute Gasteiger partial charge is 0.186 e. The first-order valence-corrected chi connectivity index (χ1v) is 7.63. The second-order valence-corrected chi connectivity index (χ2v) is 5.09. The predicted octanol–water partition coefficient (Wildman–Crippen LogP) is 3.22. The number of para-hydroxylation sites is 1. The van der Waals surface area contributed by atoms with Crippen molar-refractivity contribution in [2.24, 2.45) is 5.10 Å². The maximum Gasteiger partial charge on any atom is 0.186 e. The Labute approximate surface area is 140 Å². The Hall–Kier alpha value is -2.47. The molecule has 0 amide bonds. The van der Waals surface area contributed by atoms with Gasteiger partial charge in [-0.2, -0.15) is 5.10 Å². The number of nitrogens with zero attached hydrogens (tertiary/aromatic N) is 1. The summed E-state index contributed by atoms with van der Waals surface area (Å²) in [5.74, 6) is 0.431. The van der Waals surface area contributed by atoms with Crippen LogP contribution in [0.5, 0.6) is 5.75 Å². The van der Waals surface area contributed by atoms with E-state index in [-0.39, 0.29) is 5.82 Å². The van der Waals surface area contributed by atoms with Crippen LogP contribution in [0.1, 0.15) is 18.1 Å². The van der Waals surface area contributed by atoms with Crippen molar-refractivity contribution in [1.29, 1.82) is 0 Å². The monoisotopic (exact) mass is 331 g/mol. The van der Waals surface area contributed by atoms with Crippen molar-refractivity contribution >= 4 is 23.5 Å². The van der Waals surface area contributed by atoms with Gasteiger partial charge in [0.05, 0.1) is 6.21 Å². The first kappa shape index (κ1) is 16.9. The lowest BCUT2D eigenvalue weighted by Gasteiger charge is -2.09. The van der Waals surface area contributed by atoms with Gasteiger partial charge in [0.1, 0.15) is 18.2 Å². The minimum atomic E-state index is -0.260. The van der Waals surface area contributed by atoms with Gasteiger partial charge in [-0.1, -0.05) is 24.3 Å². The van der Waals surface area contributed by atoms with Crippen LogP contribution in [0, 0.1) is 5.82 Å². The van der Waals surface area contributed by atoms with Crippen LogP contribution in [0.25, 0.3) is 0 Å². The Morgan fingerprint density at radius 1 is 1.22 bits per heavy atom. The van der Waals surface area contributed by atoms with Gasteiger partial charge in [-0.05, 0) is 49.0 Å². The van der Waals surface area contributed by atoms with E-state index >= 15 is 0 Å². The van der Waals surface area contributed by atoms with Crippen molar-refractivity contribution in [1.82, 2.24) is 10.7 Å². The second kappa shape index (κ2) is 8.85. The Morgan fingerprint density at radius 3 is 2.70 bits per heavy atom. The number of rotatable bonds is 6. The van der Waals surface area contributed by atoms with E-state index in [1.54, 1.807) is 18.3 Å². The highest BCUT2D eigenvalue weighted by Crippen LogP contribution is 2.17. The van der Waals surface area contributed by atoms with E-state index in [4.69, 9.17) is 17.0 Å². The Morgan fingerprint density at radius 2 is 1.96 bits per heavy atom. The quantitative estimate of drug-likeness (QED) is 0.485. The SMILES string of the molecule is CCNC(=S)N/N=C/c1ccccc1OCc1ccc(F)cc1. The van der Waals surface area contributed by atoms with Crippen LogP contribution in [-0.4, -0.2) is 17.9 Å². The molecule has 23 heavy (non-hydrogen) atoms. The summed E-state index contributed by atoms with van der Waals surface area (Å²) < 4.78 is 18.7. The average Bonchev–Trinajstić information content (AvgIpc) is 2.56. The molecular formula is C17H18FN3OS. The second-order valence-electron chi connectivity index (χ2n) is 4.68. The Balaban J connectivity index is 1.98. The molecule has 0 spiro atoms. The summed E-state index contributed by atoms with van der Waals surface area (Å²) in [6.07, 6.45) is 1.64. The van der Waals surface area contributed by atoms with E-state index in [1.807, 2.05) is 31.2 Å². The van der Waals surface area contributed by atoms with Crippen LogP contribution in [0.4, 0.5) is 4.39 Å². The van der Waals surface area contributed by atoms with Gasteiger partial charge in [0.15, 0.2) is 5.11 Å². The summed E-state index contributed by atoms with van der Waals surface area (Å²) in [6.45, 7) is 3.05. The molecule has 0 saturated heterocycles. The molecule has 0 atom stereocenters. The molecule has 0 heterocycles. The lowest BCUT2D eigenvalue weighted by Crippen LogP contribution is -2.31.